The first-order valence-corrected chi connectivity index (χ1v) is 7.23. The molecule has 0 saturated heterocycles. The Balaban J connectivity index is 1.92. The normalized spacial score (nSPS) is 10.3. The third-order valence-electron chi connectivity index (χ3n) is 3.19. The molecule has 0 atom stereocenters. The number of benzene rings is 2. The van der Waals surface area contributed by atoms with Gasteiger partial charge in [-0.3, -0.25) is 0 Å². The van der Waals surface area contributed by atoms with Gasteiger partial charge in [0.25, 0.3) is 0 Å². The topological polar surface area (TPSA) is 67.5 Å². The molecule has 0 radical (unpaired) electrons. The molecule has 0 aromatic heterocycles. The van der Waals surface area contributed by atoms with Gasteiger partial charge in [-0.2, -0.15) is 0 Å². The average molecular weight is 286 g/mol. The SMILES string of the molecule is CCCOc1cccc(NCCc2ccc(O)cc2)c1N. The highest BCUT2D eigenvalue weighted by Crippen LogP contribution is 2.29. The fourth-order valence-corrected chi connectivity index (χ4v) is 2.04. The van der Waals surface area contributed by atoms with Crippen LogP contribution in [0.25, 0.3) is 0 Å². The van der Waals surface area contributed by atoms with Gasteiger partial charge in [-0.15, -0.1) is 0 Å². The van der Waals surface area contributed by atoms with Crippen molar-refractivity contribution >= 4 is 11.4 Å². The Morgan fingerprint density at radius 2 is 1.90 bits per heavy atom. The summed E-state index contributed by atoms with van der Waals surface area (Å²) in [6, 6.07) is 13.0. The minimum Gasteiger partial charge on any atom is -0.508 e. The Hall–Kier alpha value is -2.36. The average Bonchev–Trinajstić information content (AvgIpc) is 2.50. The molecule has 0 bridgehead atoms. The molecule has 2 aromatic carbocycles. The van der Waals surface area contributed by atoms with Gasteiger partial charge >= 0.3 is 0 Å². The predicted molar refractivity (Wildman–Crippen MR) is 86.9 cm³/mol. The second-order valence-corrected chi connectivity index (χ2v) is 4.91. The minimum atomic E-state index is 0.289. The Bertz CT molecular complexity index is 568. The highest BCUT2D eigenvalue weighted by atomic mass is 16.5. The molecule has 112 valence electrons. The van der Waals surface area contributed by atoms with Crippen molar-refractivity contribution in [3.8, 4) is 11.5 Å². The van der Waals surface area contributed by atoms with Crippen LogP contribution in [0.1, 0.15) is 18.9 Å². The van der Waals surface area contributed by atoms with E-state index in [9.17, 15) is 5.11 Å². The molecule has 0 saturated carbocycles. The van der Waals surface area contributed by atoms with Gasteiger partial charge in [0.2, 0.25) is 0 Å². The lowest BCUT2D eigenvalue weighted by Gasteiger charge is -2.13. The van der Waals surface area contributed by atoms with Crippen molar-refractivity contribution in [2.75, 3.05) is 24.2 Å². The Morgan fingerprint density at radius 1 is 1.14 bits per heavy atom. The smallest absolute Gasteiger partial charge is 0.144 e. The first-order chi connectivity index (χ1) is 10.2. The number of nitrogens with one attached hydrogen (secondary N) is 1. The number of hydrogen-bond donors (Lipinski definition) is 3. The third kappa shape index (κ3) is 4.31. The summed E-state index contributed by atoms with van der Waals surface area (Å²) in [5.74, 6) is 1.02. The highest BCUT2D eigenvalue weighted by molar-refractivity contribution is 5.72. The maximum atomic E-state index is 9.25. The number of aromatic hydroxyl groups is 1. The fourth-order valence-electron chi connectivity index (χ4n) is 2.04. The highest BCUT2D eigenvalue weighted by Gasteiger charge is 2.05. The predicted octanol–water partition coefficient (Wildman–Crippen LogP) is 3.42. The number of para-hydroxylation sites is 1. The maximum absolute atomic E-state index is 9.25. The third-order valence-corrected chi connectivity index (χ3v) is 3.19. The van der Waals surface area contributed by atoms with Gasteiger partial charge in [0.05, 0.1) is 18.0 Å². The van der Waals surface area contributed by atoms with Crippen LogP contribution in [0.3, 0.4) is 0 Å². The van der Waals surface area contributed by atoms with Crippen LogP contribution in [0.15, 0.2) is 42.5 Å². The standard InChI is InChI=1S/C17H22N2O2/c1-2-12-21-16-5-3-4-15(17(16)18)19-11-10-13-6-8-14(20)9-7-13/h3-9,19-20H,2,10-12,18H2,1H3. The van der Waals surface area contributed by atoms with Crippen LogP contribution in [0.5, 0.6) is 11.5 Å². The van der Waals surface area contributed by atoms with Gasteiger partial charge < -0.3 is 20.9 Å². The van der Waals surface area contributed by atoms with Crippen LogP contribution in [0.4, 0.5) is 11.4 Å². The minimum absolute atomic E-state index is 0.289. The van der Waals surface area contributed by atoms with Gasteiger partial charge in [-0.25, -0.2) is 0 Å². The number of phenolic OH excluding ortho intramolecular Hbond substituents is 1. The fraction of sp³-hybridized carbons (Fsp3) is 0.294. The molecule has 2 rings (SSSR count). The van der Waals surface area contributed by atoms with Crippen molar-refractivity contribution in [1.82, 2.24) is 0 Å². The van der Waals surface area contributed by atoms with E-state index in [0.717, 1.165) is 36.4 Å². The lowest BCUT2D eigenvalue weighted by atomic mass is 10.1. The molecule has 0 amide bonds. The summed E-state index contributed by atoms with van der Waals surface area (Å²) in [7, 11) is 0. The molecule has 2 aromatic rings. The molecule has 21 heavy (non-hydrogen) atoms. The Labute approximate surface area is 125 Å². The van der Waals surface area contributed by atoms with E-state index in [2.05, 4.69) is 12.2 Å². The van der Waals surface area contributed by atoms with Gasteiger partial charge in [-0.05, 0) is 42.7 Å². The van der Waals surface area contributed by atoms with E-state index in [1.807, 2.05) is 30.3 Å². The summed E-state index contributed by atoms with van der Waals surface area (Å²) in [4.78, 5) is 0. The van der Waals surface area contributed by atoms with Crippen molar-refractivity contribution in [1.29, 1.82) is 0 Å². The van der Waals surface area contributed by atoms with E-state index in [-0.39, 0.29) is 5.75 Å². The van der Waals surface area contributed by atoms with E-state index in [0.29, 0.717) is 12.3 Å². The number of nitrogens with two attached hydrogens (primary N) is 1. The van der Waals surface area contributed by atoms with E-state index in [1.54, 1.807) is 12.1 Å². The van der Waals surface area contributed by atoms with Crippen molar-refractivity contribution in [3.05, 3.63) is 48.0 Å². The molecule has 0 fully saturated rings. The zero-order valence-corrected chi connectivity index (χ0v) is 12.3. The van der Waals surface area contributed by atoms with Crippen LogP contribution >= 0.6 is 0 Å². The number of phenols is 1. The number of hydrogen-bond acceptors (Lipinski definition) is 4. The summed E-state index contributed by atoms with van der Waals surface area (Å²) in [5.41, 5.74) is 8.81. The number of rotatable bonds is 7. The van der Waals surface area contributed by atoms with Crippen molar-refractivity contribution in [2.24, 2.45) is 0 Å². The second-order valence-electron chi connectivity index (χ2n) is 4.91. The largest absolute Gasteiger partial charge is 0.508 e. The zero-order chi connectivity index (χ0) is 15.1. The molecule has 4 N–H and O–H groups in total. The summed E-state index contributed by atoms with van der Waals surface area (Å²) < 4.78 is 5.61. The number of ether oxygens (including phenoxy) is 1. The van der Waals surface area contributed by atoms with Gasteiger partial charge in [-0.1, -0.05) is 25.1 Å². The van der Waals surface area contributed by atoms with Crippen LogP contribution in [-0.4, -0.2) is 18.3 Å². The van der Waals surface area contributed by atoms with E-state index < -0.39 is 0 Å². The molecule has 4 heteroatoms. The first kappa shape index (κ1) is 15.0. The molecule has 0 aliphatic rings. The summed E-state index contributed by atoms with van der Waals surface area (Å²) >= 11 is 0. The summed E-state index contributed by atoms with van der Waals surface area (Å²) in [6.07, 6.45) is 1.82. The first-order valence-electron chi connectivity index (χ1n) is 7.23. The van der Waals surface area contributed by atoms with Crippen molar-refractivity contribution in [2.45, 2.75) is 19.8 Å². The van der Waals surface area contributed by atoms with E-state index in [4.69, 9.17) is 10.5 Å². The molecule has 0 aliphatic carbocycles. The number of anilines is 2. The van der Waals surface area contributed by atoms with E-state index in [1.165, 1.54) is 0 Å². The lowest BCUT2D eigenvalue weighted by Crippen LogP contribution is -2.08. The van der Waals surface area contributed by atoms with Crippen molar-refractivity contribution in [3.63, 3.8) is 0 Å². The molecule has 0 spiro atoms. The maximum Gasteiger partial charge on any atom is 0.144 e. The zero-order valence-electron chi connectivity index (χ0n) is 12.3. The van der Waals surface area contributed by atoms with Crippen LogP contribution < -0.4 is 15.8 Å². The Morgan fingerprint density at radius 3 is 2.62 bits per heavy atom. The molecule has 4 nitrogen and oxygen atoms in total. The molecule has 0 unspecified atom stereocenters. The van der Waals surface area contributed by atoms with Crippen LogP contribution in [0, 0.1) is 0 Å². The molecule has 0 aliphatic heterocycles. The van der Waals surface area contributed by atoms with Gasteiger partial charge in [0, 0.05) is 6.54 Å². The Kier molecular flexibility index (Phi) is 5.32. The summed E-state index contributed by atoms with van der Waals surface area (Å²) in [5, 5.41) is 12.6. The second kappa shape index (κ2) is 7.43. The van der Waals surface area contributed by atoms with Crippen molar-refractivity contribution < 1.29 is 9.84 Å². The summed E-state index contributed by atoms with van der Waals surface area (Å²) in [6.45, 7) is 3.50. The molecular formula is C17H22N2O2. The lowest BCUT2D eigenvalue weighted by molar-refractivity contribution is 0.319. The monoisotopic (exact) mass is 286 g/mol. The molecule has 0 heterocycles. The van der Waals surface area contributed by atoms with Gasteiger partial charge in [0.1, 0.15) is 11.5 Å². The van der Waals surface area contributed by atoms with Crippen LogP contribution in [0.2, 0.25) is 0 Å². The van der Waals surface area contributed by atoms with Crippen LogP contribution in [-0.2, 0) is 6.42 Å². The van der Waals surface area contributed by atoms with E-state index >= 15 is 0 Å². The molecular weight excluding hydrogens is 264 g/mol. The van der Waals surface area contributed by atoms with Gasteiger partial charge in [0.15, 0.2) is 0 Å². The quantitative estimate of drug-likeness (QED) is 0.682. The number of nitrogen functional groups attached to an aromatic ring is 1.